The molecule has 0 aromatic carbocycles. The molecule has 9 nitrogen and oxygen atoms in total. The zero-order chi connectivity index (χ0) is 26.2. The van der Waals surface area contributed by atoms with Crippen LogP contribution < -0.4 is 11.1 Å². The summed E-state index contributed by atoms with van der Waals surface area (Å²) >= 11 is 0. The molecule has 0 unspecified atom stereocenters. The topological polar surface area (TPSA) is 112 Å². The van der Waals surface area contributed by atoms with Crippen molar-refractivity contribution in [1.29, 1.82) is 0 Å². The molecule has 3 atom stereocenters. The molecule has 2 heterocycles. The highest BCUT2D eigenvalue weighted by atomic mass is 16.7. The van der Waals surface area contributed by atoms with Gasteiger partial charge >= 0.3 is 6.09 Å². The number of ether oxygens (including phenoxy) is 4. The van der Waals surface area contributed by atoms with Crippen molar-refractivity contribution in [3.63, 3.8) is 0 Å². The first-order chi connectivity index (χ1) is 16.2. The Morgan fingerprint density at radius 2 is 1.86 bits per heavy atom. The fraction of sp³-hybridized carbons (Fsp3) is 0.692. The lowest BCUT2D eigenvalue weighted by molar-refractivity contribution is -0.187. The number of allylic oxidation sites excluding steroid dienone is 2. The predicted molar refractivity (Wildman–Crippen MR) is 135 cm³/mol. The monoisotopic (exact) mass is 493 g/mol. The number of carbonyl (C=O) groups is 2. The summed E-state index contributed by atoms with van der Waals surface area (Å²) in [5, 5.41) is 2.83. The van der Waals surface area contributed by atoms with Crippen molar-refractivity contribution in [1.82, 2.24) is 10.2 Å². The second-order valence-corrected chi connectivity index (χ2v) is 10.6. The third kappa shape index (κ3) is 10.9. The van der Waals surface area contributed by atoms with Gasteiger partial charge in [0.15, 0.2) is 6.29 Å². The van der Waals surface area contributed by atoms with E-state index in [0.717, 1.165) is 18.4 Å². The third-order valence-corrected chi connectivity index (χ3v) is 5.66. The average Bonchev–Trinajstić information content (AvgIpc) is 2.73. The minimum Gasteiger partial charge on any atom is -0.442 e. The van der Waals surface area contributed by atoms with Crippen LogP contribution in [0.1, 0.15) is 53.9 Å². The second-order valence-electron chi connectivity index (χ2n) is 10.6. The Morgan fingerprint density at radius 1 is 1.20 bits per heavy atom. The molecule has 2 saturated heterocycles. The van der Waals surface area contributed by atoms with Gasteiger partial charge in [0.05, 0.1) is 31.0 Å². The van der Waals surface area contributed by atoms with Crippen LogP contribution in [0.4, 0.5) is 4.79 Å². The Bertz CT molecular complexity index is 794. The molecule has 0 aromatic heterocycles. The molecule has 9 heteroatoms. The van der Waals surface area contributed by atoms with Crippen LogP contribution in [0.15, 0.2) is 36.0 Å². The number of nitrogens with one attached hydrogen (secondary N) is 1. The van der Waals surface area contributed by atoms with Gasteiger partial charge < -0.3 is 34.9 Å². The zero-order valence-electron chi connectivity index (χ0n) is 22.2. The van der Waals surface area contributed by atoms with E-state index in [0.29, 0.717) is 19.6 Å². The molecule has 0 saturated carbocycles. The first-order valence-electron chi connectivity index (χ1n) is 12.2. The van der Waals surface area contributed by atoms with Gasteiger partial charge in [-0.25, -0.2) is 4.79 Å². The molecule has 2 rings (SSSR count). The van der Waals surface area contributed by atoms with Gasteiger partial charge in [0, 0.05) is 32.1 Å². The summed E-state index contributed by atoms with van der Waals surface area (Å²) in [5.41, 5.74) is 7.01. The van der Waals surface area contributed by atoms with Crippen molar-refractivity contribution in [2.45, 2.75) is 89.6 Å². The standard InChI is InChI=1S/C26H43N3O6/c1-18(8-11-21-14-26(5,27)17-25(3,4)35-21)9-13-23-32-15-20(16-33-23)28-22(30)12-10-19(2)34-24(31)29(6)7/h8-12,19-21,23H,13-17,27H2,1-7H3,(H,28,30)/b11-8+,12-10-,18-9+/t19-,20?,21+,23?,26+/m0/s1. The molecule has 0 aliphatic carbocycles. The fourth-order valence-electron chi connectivity index (χ4n) is 4.25. The summed E-state index contributed by atoms with van der Waals surface area (Å²) in [5.74, 6) is -0.295. The molecule has 0 radical (unpaired) electrons. The highest BCUT2D eigenvalue weighted by Gasteiger charge is 2.38. The van der Waals surface area contributed by atoms with E-state index in [4.69, 9.17) is 24.7 Å². The van der Waals surface area contributed by atoms with Gasteiger partial charge in [0.2, 0.25) is 5.91 Å². The van der Waals surface area contributed by atoms with Crippen molar-refractivity contribution in [2.24, 2.45) is 5.73 Å². The van der Waals surface area contributed by atoms with Crippen LogP contribution in [-0.4, -0.2) is 79.9 Å². The van der Waals surface area contributed by atoms with Crippen molar-refractivity contribution < 1.29 is 28.5 Å². The summed E-state index contributed by atoms with van der Waals surface area (Å²) in [6.45, 7) is 10.7. The van der Waals surface area contributed by atoms with Crippen molar-refractivity contribution in [3.05, 3.63) is 36.0 Å². The highest BCUT2D eigenvalue weighted by molar-refractivity contribution is 5.87. The highest BCUT2D eigenvalue weighted by Crippen LogP contribution is 2.34. The molecule has 35 heavy (non-hydrogen) atoms. The van der Waals surface area contributed by atoms with Crippen LogP contribution in [0.2, 0.25) is 0 Å². The Labute approximate surface area is 209 Å². The molecule has 0 bridgehead atoms. The quantitative estimate of drug-likeness (QED) is 0.395. The molecular formula is C26H43N3O6. The normalized spacial score (nSPS) is 30.3. The molecule has 0 spiro atoms. The lowest BCUT2D eigenvalue weighted by Gasteiger charge is -2.44. The minimum absolute atomic E-state index is 0.0132. The van der Waals surface area contributed by atoms with Crippen molar-refractivity contribution >= 4 is 12.0 Å². The minimum atomic E-state index is -0.515. The molecule has 0 aromatic rings. The molecule has 198 valence electrons. The molecule has 3 N–H and O–H groups in total. The lowest BCUT2D eigenvalue weighted by atomic mass is 9.81. The fourth-order valence-corrected chi connectivity index (χ4v) is 4.25. The number of hydrogen-bond acceptors (Lipinski definition) is 7. The van der Waals surface area contributed by atoms with Crippen LogP contribution in [0.3, 0.4) is 0 Å². The van der Waals surface area contributed by atoms with Gasteiger partial charge in [0.25, 0.3) is 0 Å². The Balaban J connectivity index is 1.72. The van der Waals surface area contributed by atoms with E-state index < -0.39 is 12.2 Å². The maximum Gasteiger partial charge on any atom is 0.409 e. The van der Waals surface area contributed by atoms with Gasteiger partial charge in [-0.05, 0) is 53.5 Å². The van der Waals surface area contributed by atoms with Crippen LogP contribution in [0, 0.1) is 0 Å². The van der Waals surface area contributed by atoms with E-state index >= 15 is 0 Å². The first kappa shape index (κ1) is 29.0. The number of nitrogens with two attached hydrogens (primary N) is 1. The summed E-state index contributed by atoms with van der Waals surface area (Å²) in [7, 11) is 3.19. The van der Waals surface area contributed by atoms with Crippen molar-refractivity contribution in [3.8, 4) is 0 Å². The second kappa shape index (κ2) is 12.7. The predicted octanol–water partition coefficient (Wildman–Crippen LogP) is 3.05. The maximum absolute atomic E-state index is 12.1. The summed E-state index contributed by atoms with van der Waals surface area (Å²) in [6, 6.07) is -0.245. The van der Waals surface area contributed by atoms with Gasteiger partial charge in [-0.2, -0.15) is 0 Å². The van der Waals surface area contributed by atoms with E-state index in [2.05, 4.69) is 44.3 Å². The van der Waals surface area contributed by atoms with E-state index in [1.54, 1.807) is 21.0 Å². The molecule has 2 fully saturated rings. The van der Waals surface area contributed by atoms with Crippen LogP contribution in [0.25, 0.3) is 0 Å². The van der Waals surface area contributed by atoms with Gasteiger partial charge in [-0.15, -0.1) is 0 Å². The number of amides is 2. The average molecular weight is 494 g/mol. The number of nitrogens with zero attached hydrogens (tertiary/aromatic N) is 1. The van der Waals surface area contributed by atoms with Crippen molar-refractivity contribution in [2.75, 3.05) is 27.3 Å². The van der Waals surface area contributed by atoms with E-state index in [-0.39, 0.29) is 35.5 Å². The Hall–Kier alpha value is -2.20. The largest absolute Gasteiger partial charge is 0.442 e. The number of rotatable bonds is 8. The van der Waals surface area contributed by atoms with E-state index in [9.17, 15) is 9.59 Å². The molecule has 2 amide bonds. The number of carbonyl (C=O) groups excluding carboxylic acids is 2. The molecular weight excluding hydrogens is 450 g/mol. The van der Waals surface area contributed by atoms with Crippen LogP contribution in [-0.2, 0) is 23.7 Å². The first-order valence-corrected chi connectivity index (χ1v) is 12.2. The summed E-state index contributed by atoms with van der Waals surface area (Å²) in [6.07, 6.45) is 9.94. The van der Waals surface area contributed by atoms with E-state index in [1.807, 2.05) is 6.92 Å². The number of hydrogen-bond donors (Lipinski definition) is 2. The van der Waals surface area contributed by atoms with Crippen LogP contribution >= 0.6 is 0 Å². The van der Waals surface area contributed by atoms with Gasteiger partial charge in [-0.1, -0.05) is 23.8 Å². The third-order valence-electron chi connectivity index (χ3n) is 5.66. The van der Waals surface area contributed by atoms with E-state index in [1.165, 1.54) is 17.1 Å². The summed E-state index contributed by atoms with van der Waals surface area (Å²) < 4.78 is 22.8. The molecule has 2 aliphatic rings. The van der Waals surface area contributed by atoms with Gasteiger partial charge in [0.1, 0.15) is 6.10 Å². The smallest absolute Gasteiger partial charge is 0.409 e. The Morgan fingerprint density at radius 3 is 2.46 bits per heavy atom. The lowest BCUT2D eigenvalue weighted by Crippen LogP contribution is -2.52. The maximum atomic E-state index is 12.1. The zero-order valence-corrected chi connectivity index (χ0v) is 22.2. The van der Waals surface area contributed by atoms with Crippen LogP contribution in [0.5, 0.6) is 0 Å². The Kier molecular flexibility index (Phi) is 10.5. The summed E-state index contributed by atoms with van der Waals surface area (Å²) in [4.78, 5) is 25.0. The van der Waals surface area contributed by atoms with Gasteiger partial charge in [-0.3, -0.25) is 4.79 Å². The SMILES string of the molecule is CC(/C=C/[C@@H]1C[C@@](C)(N)CC(C)(C)O1)=C\CC1OCC(NC(=O)/C=C\[C@H](C)OC(=O)N(C)C)CO1. The molecule has 2 aliphatic heterocycles.